The van der Waals surface area contributed by atoms with Gasteiger partial charge < -0.3 is 20.1 Å². The molecule has 2 amide bonds. The number of methoxy groups -OCH3 is 2. The molecule has 1 heterocycles. The van der Waals surface area contributed by atoms with Gasteiger partial charge in [-0.1, -0.05) is 42.5 Å². The van der Waals surface area contributed by atoms with E-state index < -0.39 is 12.0 Å². The molecule has 0 fully saturated rings. The zero-order chi connectivity index (χ0) is 20.8. The van der Waals surface area contributed by atoms with Gasteiger partial charge in [0, 0.05) is 18.8 Å². The number of hydrogen-bond acceptors (Lipinski definition) is 5. The van der Waals surface area contributed by atoms with E-state index in [-0.39, 0.29) is 6.03 Å². The topological polar surface area (TPSA) is 79.9 Å². The highest BCUT2D eigenvalue weighted by Gasteiger charge is 2.34. The number of ether oxygens (including phenoxy) is 2. The van der Waals surface area contributed by atoms with Crippen molar-refractivity contribution in [2.75, 3.05) is 27.8 Å². The largest absolute Gasteiger partial charge is 0.497 e. The number of carbonyl (C=O) groups is 2. The maximum absolute atomic E-state index is 12.6. The SMILES string of the molecule is COC(=O)C1=C(CN(C)Cc2ccccc2)NC(=O)NC1c1cccc(OC)c1. The lowest BCUT2D eigenvalue weighted by molar-refractivity contribution is -0.136. The highest BCUT2D eigenvalue weighted by atomic mass is 16.5. The van der Waals surface area contributed by atoms with Gasteiger partial charge in [-0.05, 0) is 30.3 Å². The molecule has 0 radical (unpaired) electrons. The second-order valence-electron chi connectivity index (χ2n) is 6.85. The molecule has 2 N–H and O–H groups in total. The molecule has 0 saturated carbocycles. The maximum Gasteiger partial charge on any atom is 0.338 e. The first-order valence-corrected chi connectivity index (χ1v) is 9.27. The quantitative estimate of drug-likeness (QED) is 0.705. The van der Waals surface area contributed by atoms with Gasteiger partial charge in [0.15, 0.2) is 0 Å². The molecule has 0 spiro atoms. The van der Waals surface area contributed by atoms with Crippen LogP contribution in [0.15, 0.2) is 65.9 Å². The Balaban J connectivity index is 1.94. The van der Waals surface area contributed by atoms with E-state index in [9.17, 15) is 9.59 Å². The van der Waals surface area contributed by atoms with Crippen LogP contribution < -0.4 is 15.4 Å². The lowest BCUT2D eigenvalue weighted by Crippen LogP contribution is -2.48. The fourth-order valence-corrected chi connectivity index (χ4v) is 3.39. The maximum atomic E-state index is 12.6. The number of amides is 2. The van der Waals surface area contributed by atoms with E-state index in [4.69, 9.17) is 9.47 Å². The van der Waals surface area contributed by atoms with E-state index in [1.807, 2.05) is 60.5 Å². The molecule has 0 aromatic heterocycles. The van der Waals surface area contributed by atoms with E-state index in [0.717, 1.165) is 11.1 Å². The Hall–Kier alpha value is -3.32. The van der Waals surface area contributed by atoms with E-state index >= 15 is 0 Å². The number of carbonyl (C=O) groups excluding carboxylic acids is 2. The highest BCUT2D eigenvalue weighted by Crippen LogP contribution is 2.30. The lowest BCUT2D eigenvalue weighted by Gasteiger charge is -2.31. The van der Waals surface area contributed by atoms with Crippen LogP contribution in [0.5, 0.6) is 5.75 Å². The average molecular weight is 395 g/mol. The van der Waals surface area contributed by atoms with Crippen LogP contribution in [-0.4, -0.2) is 44.7 Å². The Bertz CT molecular complexity index is 911. The van der Waals surface area contributed by atoms with Gasteiger partial charge in [0.25, 0.3) is 0 Å². The fourth-order valence-electron chi connectivity index (χ4n) is 3.39. The molecule has 0 saturated heterocycles. The highest BCUT2D eigenvalue weighted by molar-refractivity contribution is 5.95. The summed E-state index contributed by atoms with van der Waals surface area (Å²) in [5.74, 6) is 0.149. The van der Waals surface area contributed by atoms with Gasteiger partial charge in [-0.15, -0.1) is 0 Å². The number of nitrogens with zero attached hydrogens (tertiary/aromatic N) is 1. The van der Waals surface area contributed by atoms with E-state index in [0.29, 0.717) is 30.1 Å². The van der Waals surface area contributed by atoms with Gasteiger partial charge in [0.2, 0.25) is 0 Å². The Morgan fingerprint density at radius 3 is 2.52 bits per heavy atom. The van der Waals surface area contributed by atoms with Crippen molar-refractivity contribution in [3.63, 3.8) is 0 Å². The number of urea groups is 1. The minimum absolute atomic E-state index is 0.367. The van der Waals surface area contributed by atoms with Crippen LogP contribution in [0, 0.1) is 0 Å². The number of hydrogen-bond donors (Lipinski definition) is 2. The van der Waals surface area contributed by atoms with Crippen molar-refractivity contribution in [1.29, 1.82) is 0 Å². The van der Waals surface area contributed by atoms with Crippen molar-refractivity contribution < 1.29 is 19.1 Å². The molecule has 2 aromatic rings. The monoisotopic (exact) mass is 395 g/mol. The van der Waals surface area contributed by atoms with Crippen molar-refractivity contribution in [2.24, 2.45) is 0 Å². The molecule has 1 atom stereocenters. The minimum atomic E-state index is -0.633. The number of nitrogens with one attached hydrogen (secondary N) is 2. The van der Waals surface area contributed by atoms with Crippen LogP contribution in [0.1, 0.15) is 17.2 Å². The molecular formula is C22H25N3O4. The summed E-state index contributed by atoms with van der Waals surface area (Å²) in [7, 11) is 4.84. The molecule has 1 aliphatic rings. The molecule has 2 aromatic carbocycles. The Morgan fingerprint density at radius 2 is 1.83 bits per heavy atom. The third kappa shape index (κ3) is 4.94. The molecule has 3 rings (SSSR count). The molecule has 152 valence electrons. The smallest absolute Gasteiger partial charge is 0.338 e. The lowest BCUT2D eigenvalue weighted by atomic mass is 9.94. The molecule has 0 bridgehead atoms. The van der Waals surface area contributed by atoms with Crippen molar-refractivity contribution >= 4 is 12.0 Å². The summed E-state index contributed by atoms with van der Waals surface area (Å²) >= 11 is 0. The molecule has 1 aliphatic heterocycles. The van der Waals surface area contributed by atoms with Crippen LogP contribution in [0.2, 0.25) is 0 Å². The molecular weight excluding hydrogens is 370 g/mol. The molecule has 29 heavy (non-hydrogen) atoms. The van der Waals surface area contributed by atoms with Crippen LogP contribution in [0.4, 0.5) is 4.79 Å². The molecule has 7 nitrogen and oxygen atoms in total. The second-order valence-corrected chi connectivity index (χ2v) is 6.85. The van der Waals surface area contributed by atoms with Gasteiger partial charge in [-0.3, -0.25) is 4.90 Å². The summed E-state index contributed by atoms with van der Waals surface area (Å²) < 4.78 is 10.3. The fraction of sp³-hybridized carbons (Fsp3) is 0.273. The summed E-state index contributed by atoms with van der Waals surface area (Å²) in [5, 5.41) is 5.60. The van der Waals surface area contributed by atoms with Crippen LogP contribution in [0.25, 0.3) is 0 Å². The Labute approximate surface area is 170 Å². The molecule has 7 heteroatoms. The van der Waals surface area contributed by atoms with E-state index in [1.165, 1.54) is 7.11 Å². The first-order valence-electron chi connectivity index (χ1n) is 9.27. The second kappa shape index (κ2) is 9.25. The summed E-state index contributed by atoms with van der Waals surface area (Å²) in [6.07, 6.45) is 0. The zero-order valence-electron chi connectivity index (χ0n) is 16.8. The predicted octanol–water partition coefficient (Wildman–Crippen LogP) is 2.61. The first kappa shape index (κ1) is 20.4. The predicted molar refractivity (Wildman–Crippen MR) is 109 cm³/mol. The molecule has 0 aliphatic carbocycles. The molecule has 1 unspecified atom stereocenters. The Morgan fingerprint density at radius 1 is 1.07 bits per heavy atom. The third-order valence-electron chi connectivity index (χ3n) is 4.71. The average Bonchev–Trinajstić information content (AvgIpc) is 2.73. The van der Waals surface area contributed by atoms with Crippen LogP contribution in [-0.2, 0) is 16.1 Å². The number of likely N-dealkylation sites (N-methyl/N-ethyl adjacent to an activating group) is 1. The first-order chi connectivity index (χ1) is 14.0. The van der Waals surface area contributed by atoms with Gasteiger partial charge in [-0.2, -0.15) is 0 Å². The van der Waals surface area contributed by atoms with Crippen molar-refractivity contribution in [1.82, 2.24) is 15.5 Å². The summed E-state index contributed by atoms with van der Waals surface area (Å²) in [5.41, 5.74) is 2.77. The summed E-state index contributed by atoms with van der Waals surface area (Å²) in [6.45, 7) is 1.05. The van der Waals surface area contributed by atoms with Gasteiger partial charge in [0.1, 0.15) is 5.75 Å². The minimum Gasteiger partial charge on any atom is -0.497 e. The van der Waals surface area contributed by atoms with Gasteiger partial charge in [-0.25, -0.2) is 9.59 Å². The van der Waals surface area contributed by atoms with E-state index in [1.54, 1.807) is 13.2 Å². The normalized spacial score (nSPS) is 16.3. The third-order valence-corrected chi connectivity index (χ3v) is 4.71. The summed E-state index contributed by atoms with van der Waals surface area (Å²) in [6, 6.07) is 16.3. The number of esters is 1. The van der Waals surface area contributed by atoms with Crippen molar-refractivity contribution in [2.45, 2.75) is 12.6 Å². The van der Waals surface area contributed by atoms with E-state index in [2.05, 4.69) is 10.6 Å². The summed E-state index contributed by atoms with van der Waals surface area (Å²) in [4.78, 5) is 27.0. The van der Waals surface area contributed by atoms with Crippen LogP contribution >= 0.6 is 0 Å². The van der Waals surface area contributed by atoms with Crippen molar-refractivity contribution in [3.8, 4) is 5.75 Å². The van der Waals surface area contributed by atoms with Crippen LogP contribution in [0.3, 0.4) is 0 Å². The van der Waals surface area contributed by atoms with Crippen molar-refractivity contribution in [3.05, 3.63) is 77.0 Å². The zero-order valence-corrected chi connectivity index (χ0v) is 16.8. The Kier molecular flexibility index (Phi) is 6.51. The standard InChI is InChI=1S/C22H25N3O4/c1-25(13-15-8-5-4-6-9-15)14-18-19(21(26)29-3)20(24-22(27)23-18)16-10-7-11-17(12-16)28-2/h4-12,20H,13-14H2,1-3H3,(H2,23,24,27). The van der Waals surface area contributed by atoms with Gasteiger partial charge in [0.05, 0.1) is 25.8 Å². The number of rotatable bonds is 7. The van der Waals surface area contributed by atoms with Gasteiger partial charge >= 0.3 is 12.0 Å². The number of benzene rings is 2.